The first-order chi connectivity index (χ1) is 17.3. The van der Waals surface area contributed by atoms with Crippen molar-refractivity contribution < 1.29 is 22.9 Å². The zero-order valence-corrected chi connectivity index (χ0v) is 23.4. The van der Waals surface area contributed by atoms with E-state index in [-0.39, 0.29) is 28.0 Å². The van der Waals surface area contributed by atoms with Crippen LogP contribution in [0.4, 0.5) is 11.4 Å². The summed E-state index contributed by atoms with van der Waals surface area (Å²) in [7, 11) is -4.05. The lowest BCUT2D eigenvalue weighted by Gasteiger charge is -2.32. The SMILES string of the molecule is CCCCNC(=O)[C@H](C)N(Cc1c(Cl)cccc1Cl)C(=O)CN(c1cc([N+](=O)[O-])ccc1C)S(C)(=O)=O. The molecule has 1 atom stereocenters. The van der Waals surface area contributed by atoms with Gasteiger partial charge in [-0.25, -0.2) is 8.42 Å². The van der Waals surface area contributed by atoms with Gasteiger partial charge in [0.15, 0.2) is 0 Å². The molecule has 0 saturated heterocycles. The normalized spacial score (nSPS) is 12.1. The highest BCUT2D eigenvalue weighted by Crippen LogP contribution is 2.29. The highest BCUT2D eigenvalue weighted by Gasteiger charge is 2.31. The van der Waals surface area contributed by atoms with Gasteiger partial charge in [0.1, 0.15) is 12.6 Å². The Hall–Kier alpha value is -2.89. The molecule has 10 nitrogen and oxygen atoms in total. The van der Waals surface area contributed by atoms with Crippen LogP contribution in [0.5, 0.6) is 0 Å². The number of nitrogens with one attached hydrogen (secondary N) is 1. The van der Waals surface area contributed by atoms with Crippen molar-refractivity contribution in [3.63, 3.8) is 0 Å². The molecule has 37 heavy (non-hydrogen) atoms. The van der Waals surface area contributed by atoms with Crippen LogP contribution >= 0.6 is 23.2 Å². The van der Waals surface area contributed by atoms with Gasteiger partial charge in [-0.2, -0.15) is 0 Å². The molecular weight excluding hydrogens is 543 g/mol. The second-order valence-electron chi connectivity index (χ2n) is 8.54. The number of hydrogen-bond acceptors (Lipinski definition) is 6. The van der Waals surface area contributed by atoms with Crippen molar-refractivity contribution in [2.75, 3.05) is 23.7 Å². The van der Waals surface area contributed by atoms with E-state index in [1.807, 2.05) is 6.92 Å². The maximum atomic E-state index is 13.6. The molecule has 0 fully saturated rings. The van der Waals surface area contributed by atoms with Crippen molar-refractivity contribution in [3.05, 3.63) is 67.7 Å². The van der Waals surface area contributed by atoms with Crippen LogP contribution in [0.15, 0.2) is 36.4 Å². The number of nitrogens with zero attached hydrogens (tertiary/aromatic N) is 3. The summed E-state index contributed by atoms with van der Waals surface area (Å²) in [5, 5.41) is 14.6. The lowest BCUT2D eigenvalue weighted by Crippen LogP contribution is -2.51. The number of nitro groups is 1. The molecule has 2 amide bonds. The number of nitro benzene ring substituents is 1. The number of sulfonamides is 1. The van der Waals surface area contributed by atoms with E-state index in [1.165, 1.54) is 24.0 Å². The largest absolute Gasteiger partial charge is 0.354 e. The third-order valence-electron chi connectivity index (χ3n) is 5.74. The highest BCUT2D eigenvalue weighted by molar-refractivity contribution is 7.92. The number of anilines is 1. The Morgan fingerprint density at radius 3 is 2.32 bits per heavy atom. The van der Waals surface area contributed by atoms with E-state index in [1.54, 1.807) is 25.1 Å². The molecule has 2 aromatic rings. The smallest absolute Gasteiger partial charge is 0.271 e. The molecule has 0 heterocycles. The first-order valence-electron chi connectivity index (χ1n) is 11.5. The van der Waals surface area contributed by atoms with E-state index in [9.17, 15) is 28.1 Å². The van der Waals surface area contributed by atoms with Gasteiger partial charge in [0.25, 0.3) is 5.69 Å². The number of halogens is 2. The maximum Gasteiger partial charge on any atom is 0.271 e. The fourth-order valence-corrected chi connectivity index (χ4v) is 4.96. The number of carbonyl (C=O) groups excluding carboxylic acids is 2. The molecular formula is C24H30Cl2N4O6S. The van der Waals surface area contributed by atoms with Gasteiger partial charge in [-0.3, -0.25) is 24.0 Å². The first-order valence-corrected chi connectivity index (χ1v) is 14.1. The Labute approximate surface area is 226 Å². The number of aryl methyl sites for hydroxylation is 1. The van der Waals surface area contributed by atoms with Crippen LogP contribution < -0.4 is 9.62 Å². The van der Waals surface area contributed by atoms with E-state index in [0.29, 0.717) is 17.7 Å². The van der Waals surface area contributed by atoms with Crippen LogP contribution in [-0.2, 0) is 26.2 Å². The number of benzene rings is 2. The van der Waals surface area contributed by atoms with Gasteiger partial charge in [0, 0.05) is 40.8 Å². The van der Waals surface area contributed by atoms with Gasteiger partial charge in [-0.15, -0.1) is 0 Å². The van der Waals surface area contributed by atoms with Crippen LogP contribution in [0.25, 0.3) is 0 Å². The summed E-state index contributed by atoms with van der Waals surface area (Å²) in [5.41, 5.74) is 0.464. The number of amides is 2. The summed E-state index contributed by atoms with van der Waals surface area (Å²) in [4.78, 5) is 38.3. The Bertz CT molecular complexity index is 1250. The second-order valence-corrected chi connectivity index (χ2v) is 11.3. The van der Waals surface area contributed by atoms with Crippen LogP contribution in [-0.4, -0.2) is 55.4 Å². The minimum Gasteiger partial charge on any atom is -0.354 e. The van der Waals surface area contributed by atoms with Crippen molar-refractivity contribution in [2.24, 2.45) is 0 Å². The fourth-order valence-electron chi connectivity index (χ4n) is 3.55. The molecule has 0 aliphatic rings. The summed E-state index contributed by atoms with van der Waals surface area (Å²) >= 11 is 12.6. The van der Waals surface area contributed by atoms with E-state index in [0.717, 1.165) is 29.5 Å². The van der Waals surface area contributed by atoms with Gasteiger partial charge >= 0.3 is 0 Å². The molecule has 0 aliphatic heterocycles. The van der Waals surface area contributed by atoms with E-state index < -0.39 is 39.3 Å². The number of rotatable bonds is 12. The van der Waals surface area contributed by atoms with Gasteiger partial charge in [-0.05, 0) is 38.0 Å². The first kappa shape index (κ1) is 30.3. The minimum atomic E-state index is -4.05. The van der Waals surface area contributed by atoms with Crippen LogP contribution in [0, 0.1) is 17.0 Å². The molecule has 202 valence electrons. The molecule has 0 radical (unpaired) electrons. The molecule has 0 aromatic heterocycles. The number of carbonyl (C=O) groups is 2. The lowest BCUT2D eigenvalue weighted by molar-refractivity contribution is -0.384. The topological polar surface area (TPSA) is 130 Å². The molecule has 2 aromatic carbocycles. The summed E-state index contributed by atoms with van der Waals surface area (Å²) in [5.74, 6) is -1.15. The number of unbranched alkanes of at least 4 members (excludes halogenated alkanes) is 1. The predicted octanol–water partition coefficient (Wildman–Crippen LogP) is 4.31. The molecule has 0 saturated carbocycles. The maximum absolute atomic E-state index is 13.6. The molecule has 13 heteroatoms. The Morgan fingerprint density at radius 1 is 1.16 bits per heavy atom. The Kier molecular flexibility index (Phi) is 10.7. The zero-order chi connectivity index (χ0) is 27.9. The third-order valence-corrected chi connectivity index (χ3v) is 7.57. The van der Waals surface area contributed by atoms with E-state index in [4.69, 9.17) is 23.2 Å². The summed E-state index contributed by atoms with van der Waals surface area (Å²) in [6.07, 6.45) is 2.50. The van der Waals surface area contributed by atoms with E-state index >= 15 is 0 Å². The van der Waals surface area contributed by atoms with Crippen LogP contribution in [0.2, 0.25) is 10.0 Å². The average Bonchev–Trinajstić information content (AvgIpc) is 2.81. The quantitative estimate of drug-likeness (QED) is 0.229. The van der Waals surface area contributed by atoms with Gasteiger partial charge in [0.05, 0.1) is 16.9 Å². The Morgan fingerprint density at radius 2 is 1.78 bits per heavy atom. The van der Waals surface area contributed by atoms with Gasteiger partial charge in [0.2, 0.25) is 21.8 Å². The zero-order valence-electron chi connectivity index (χ0n) is 21.0. The average molecular weight is 573 g/mol. The molecule has 0 spiro atoms. The number of non-ortho nitro benzene ring substituents is 1. The summed E-state index contributed by atoms with van der Waals surface area (Å²) in [6, 6.07) is 7.57. The predicted molar refractivity (Wildman–Crippen MR) is 144 cm³/mol. The molecule has 2 rings (SSSR count). The van der Waals surface area contributed by atoms with Gasteiger partial charge in [-0.1, -0.05) is 48.7 Å². The molecule has 0 unspecified atom stereocenters. The minimum absolute atomic E-state index is 0.0131. The number of hydrogen-bond donors (Lipinski definition) is 1. The van der Waals surface area contributed by atoms with Crippen molar-refractivity contribution in [3.8, 4) is 0 Å². The third kappa shape index (κ3) is 8.05. The van der Waals surface area contributed by atoms with E-state index in [2.05, 4.69) is 5.32 Å². The molecule has 0 bridgehead atoms. The monoisotopic (exact) mass is 572 g/mol. The summed E-state index contributed by atoms with van der Waals surface area (Å²) < 4.78 is 26.3. The van der Waals surface area contributed by atoms with Crippen molar-refractivity contribution in [1.82, 2.24) is 10.2 Å². The van der Waals surface area contributed by atoms with Crippen molar-refractivity contribution >= 4 is 56.4 Å². The van der Waals surface area contributed by atoms with Crippen LogP contribution in [0.1, 0.15) is 37.8 Å². The fraction of sp³-hybridized carbons (Fsp3) is 0.417. The standard InChI is InChI=1S/C24H30Cl2N4O6S/c1-5-6-12-27-24(32)17(3)28(14-19-20(25)8-7-9-21(19)26)23(31)15-29(37(4,35)36)22-13-18(30(33)34)11-10-16(22)2/h7-11,13,17H,5-6,12,14-15H2,1-4H3,(H,27,32)/t17-/m0/s1. The van der Waals surface area contributed by atoms with Crippen LogP contribution in [0.3, 0.4) is 0 Å². The van der Waals surface area contributed by atoms with Crippen molar-refractivity contribution in [1.29, 1.82) is 0 Å². The summed E-state index contributed by atoms with van der Waals surface area (Å²) in [6.45, 7) is 4.62. The lowest BCUT2D eigenvalue weighted by atomic mass is 10.1. The van der Waals surface area contributed by atoms with Crippen molar-refractivity contribution in [2.45, 2.75) is 46.2 Å². The Balaban J connectivity index is 2.50. The highest BCUT2D eigenvalue weighted by atomic mass is 35.5. The molecule has 0 aliphatic carbocycles. The van der Waals surface area contributed by atoms with Gasteiger partial charge < -0.3 is 10.2 Å². The second kappa shape index (κ2) is 13.1. The molecule has 1 N–H and O–H groups in total.